The lowest BCUT2D eigenvalue weighted by Gasteiger charge is -2.16. The topological polar surface area (TPSA) is 74.8 Å². The average molecular weight is 255 g/mol. The standard InChI is InChI=1S/C13H13N5O/c1-2-9-6-12(19)18(8-9)11-5-3-4-10(7-11)13-14-16-17-15-13/h2-5,7,9H,1,6,8H2,(H,14,15,16,17). The summed E-state index contributed by atoms with van der Waals surface area (Å²) in [6.45, 7) is 4.43. The molecule has 0 radical (unpaired) electrons. The quantitative estimate of drug-likeness (QED) is 0.841. The van der Waals surface area contributed by atoms with Gasteiger partial charge in [0.2, 0.25) is 11.7 Å². The van der Waals surface area contributed by atoms with Crippen LogP contribution >= 0.6 is 0 Å². The molecule has 19 heavy (non-hydrogen) atoms. The Balaban J connectivity index is 1.92. The van der Waals surface area contributed by atoms with Crippen LogP contribution in [0.25, 0.3) is 11.4 Å². The number of aromatic amines is 1. The van der Waals surface area contributed by atoms with Crippen LogP contribution < -0.4 is 4.90 Å². The Labute approximate surface area is 110 Å². The zero-order valence-corrected chi connectivity index (χ0v) is 10.3. The predicted octanol–water partition coefficient (Wildman–Crippen LogP) is 1.41. The first-order chi connectivity index (χ1) is 9.28. The highest BCUT2D eigenvalue weighted by Crippen LogP contribution is 2.28. The zero-order valence-electron chi connectivity index (χ0n) is 10.3. The summed E-state index contributed by atoms with van der Waals surface area (Å²) < 4.78 is 0. The van der Waals surface area contributed by atoms with Crippen molar-refractivity contribution in [2.24, 2.45) is 5.92 Å². The van der Waals surface area contributed by atoms with Crippen molar-refractivity contribution in [3.8, 4) is 11.4 Å². The summed E-state index contributed by atoms with van der Waals surface area (Å²) in [6, 6.07) is 7.58. The van der Waals surface area contributed by atoms with Crippen molar-refractivity contribution in [3.05, 3.63) is 36.9 Å². The van der Waals surface area contributed by atoms with Crippen LogP contribution in [0.4, 0.5) is 5.69 Å². The van der Waals surface area contributed by atoms with Gasteiger partial charge in [-0.2, -0.15) is 5.21 Å². The lowest BCUT2D eigenvalue weighted by molar-refractivity contribution is -0.117. The number of aromatic nitrogens is 4. The van der Waals surface area contributed by atoms with Crippen molar-refractivity contribution in [1.82, 2.24) is 20.6 Å². The molecule has 0 bridgehead atoms. The second-order valence-electron chi connectivity index (χ2n) is 4.49. The van der Waals surface area contributed by atoms with Gasteiger partial charge in [-0.05, 0) is 17.3 Å². The van der Waals surface area contributed by atoms with E-state index < -0.39 is 0 Å². The minimum absolute atomic E-state index is 0.121. The number of carbonyl (C=O) groups excluding carboxylic acids is 1. The van der Waals surface area contributed by atoms with E-state index in [1.165, 1.54) is 0 Å². The fourth-order valence-electron chi connectivity index (χ4n) is 2.24. The summed E-state index contributed by atoms with van der Waals surface area (Å²) >= 11 is 0. The SMILES string of the molecule is C=CC1CC(=O)N(c2cccc(-c3nn[nH]n3)c2)C1. The largest absolute Gasteiger partial charge is 0.312 e. The van der Waals surface area contributed by atoms with Crippen molar-refractivity contribution in [1.29, 1.82) is 0 Å². The van der Waals surface area contributed by atoms with Crippen LogP contribution in [0.5, 0.6) is 0 Å². The van der Waals surface area contributed by atoms with Gasteiger partial charge in [-0.1, -0.05) is 18.2 Å². The highest BCUT2D eigenvalue weighted by molar-refractivity contribution is 5.96. The molecule has 0 spiro atoms. The molecule has 1 aliphatic heterocycles. The summed E-state index contributed by atoms with van der Waals surface area (Å²) in [5.74, 6) is 0.866. The number of hydrogen-bond donors (Lipinski definition) is 1. The Morgan fingerprint density at radius 2 is 2.37 bits per heavy atom. The molecule has 6 nitrogen and oxygen atoms in total. The second-order valence-corrected chi connectivity index (χ2v) is 4.49. The normalized spacial score (nSPS) is 18.8. The van der Waals surface area contributed by atoms with E-state index in [-0.39, 0.29) is 11.8 Å². The molecule has 0 saturated carbocycles. The van der Waals surface area contributed by atoms with E-state index in [9.17, 15) is 4.79 Å². The lowest BCUT2D eigenvalue weighted by atomic mass is 10.1. The van der Waals surface area contributed by atoms with Gasteiger partial charge in [0.05, 0.1) is 0 Å². The van der Waals surface area contributed by atoms with Crippen LogP contribution in [0, 0.1) is 5.92 Å². The molecule has 1 aromatic heterocycles. The van der Waals surface area contributed by atoms with E-state index >= 15 is 0 Å². The highest BCUT2D eigenvalue weighted by atomic mass is 16.2. The average Bonchev–Trinajstić information content (AvgIpc) is 3.08. The summed E-state index contributed by atoms with van der Waals surface area (Å²) in [5, 5.41) is 13.8. The fraction of sp³-hybridized carbons (Fsp3) is 0.231. The van der Waals surface area contributed by atoms with Crippen molar-refractivity contribution >= 4 is 11.6 Å². The molecule has 1 atom stereocenters. The van der Waals surface area contributed by atoms with Crippen molar-refractivity contribution < 1.29 is 4.79 Å². The van der Waals surface area contributed by atoms with Crippen LogP contribution in [0.2, 0.25) is 0 Å². The van der Waals surface area contributed by atoms with E-state index in [0.717, 1.165) is 11.3 Å². The van der Waals surface area contributed by atoms with Crippen LogP contribution in [0.15, 0.2) is 36.9 Å². The molecule has 1 unspecified atom stereocenters. The van der Waals surface area contributed by atoms with Gasteiger partial charge in [0.1, 0.15) is 0 Å². The molecule has 6 heteroatoms. The maximum atomic E-state index is 12.0. The van der Waals surface area contributed by atoms with Gasteiger partial charge in [-0.3, -0.25) is 4.79 Å². The smallest absolute Gasteiger partial charge is 0.227 e. The number of H-pyrrole nitrogens is 1. The third kappa shape index (κ3) is 2.12. The summed E-state index contributed by atoms with van der Waals surface area (Å²) in [7, 11) is 0. The molecule has 1 saturated heterocycles. The van der Waals surface area contributed by atoms with Crippen LogP contribution in [-0.4, -0.2) is 33.1 Å². The lowest BCUT2D eigenvalue weighted by Crippen LogP contribution is -2.24. The highest BCUT2D eigenvalue weighted by Gasteiger charge is 2.28. The number of rotatable bonds is 3. The van der Waals surface area contributed by atoms with E-state index in [1.54, 1.807) is 4.90 Å². The Bertz CT molecular complexity index is 607. The number of amides is 1. The maximum absolute atomic E-state index is 12.0. The van der Waals surface area contributed by atoms with Gasteiger partial charge in [-0.15, -0.1) is 16.8 Å². The number of tetrazole rings is 1. The van der Waals surface area contributed by atoms with E-state index in [4.69, 9.17) is 0 Å². The molecular formula is C13H13N5O. The predicted molar refractivity (Wildman–Crippen MR) is 70.3 cm³/mol. The summed E-state index contributed by atoms with van der Waals surface area (Å²) in [6.07, 6.45) is 2.36. The molecule has 1 amide bonds. The number of carbonyl (C=O) groups is 1. The third-order valence-corrected chi connectivity index (χ3v) is 3.25. The second kappa shape index (κ2) is 4.64. The molecule has 0 aliphatic carbocycles. The Kier molecular flexibility index (Phi) is 2.83. The van der Waals surface area contributed by atoms with Gasteiger partial charge in [-0.25, -0.2) is 0 Å². The van der Waals surface area contributed by atoms with Crippen LogP contribution in [0.3, 0.4) is 0 Å². The fourth-order valence-corrected chi connectivity index (χ4v) is 2.24. The molecule has 2 heterocycles. The summed E-state index contributed by atoms with van der Waals surface area (Å²) in [5.41, 5.74) is 1.69. The first-order valence-corrected chi connectivity index (χ1v) is 6.04. The van der Waals surface area contributed by atoms with E-state index in [0.29, 0.717) is 18.8 Å². The van der Waals surface area contributed by atoms with Gasteiger partial charge >= 0.3 is 0 Å². The van der Waals surface area contributed by atoms with Crippen molar-refractivity contribution in [3.63, 3.8) is 0 Å². The number of hydrogen-bond acceptors (Lipinski definition) is 4. The van der Waals surface area contributed by atoms with E-state index in [1.807, 2.05) is 30.3 Å². The van der Waals surface area contributed by atoms with Crippen LogP contribution in [0.1, 0.15) is 6.42 Å². The zero-order chi connectivity index (χ0) is 13.2. The van der Waals surface area contributed by atoms with Gasteiger partial charge in [0.15, 0.2) is 0 Å². The Morgan fingerprint density at radius 3 is 3.05 bits per heavy atom. The van der Waals surface area contributed by atoms with Crippen molar-refractivity contribution in [2.75, 3.05) is 11.4 Å². The number of anilines is 1. The summed E-state index contributed by atoms with van der Waals surface area (Å²) in [4.78, 5) is 13.7. The molecule has 1 aliphatic rings. The Hall–Kier alpha value is -2.50. The maximum Gasteiger partial charge on any atom is 0.227 e. The van der Waals surface area contributed by atoms with Gasteiger partial charge in [0.25, 0.3) is 0 Å². The minimum atomic E-state index is 0.121. The number of nitrogens with one attached hydrogen (secondary N) is 1. The van der Waals surface area contributed by atoms with Gasteiger partial charge in [0, 0.05) is 30.1 Å². The van der Waals surface area contributed by atoms with E-state index in [2.05, 4.69) is 27.2 Å². The van der Waals surface area contributed by atoms with Crippen LogP contribution in [-0.2, 0) is 4.79 Å². The first kappa shape index (κ1) is 11.6. The number of nitrogens with zero attached hydrogens (tertiary/aromatic N) is 4. The number of benzene rings is 1. The first-order valence-electron chi connectivity index (χ1n) is 6.04. The molecule has 2 aromatic rings. The van der Waals surface area contributed by atoms with Crippen molar-refractivity contribution in [2.45, 2.75) is 6.42 Å². The molecule has 1 N–H and O–H groups in total. The molecule has 96 valence electrons. The molecule has 1 fully saturated rings. The third-order valence-electron chi connectivity index (χ3n) is 3.25. The minimum Gasteiger partial charge on any atom is -0.312 e. The monoisotopic (exact) mass is 255 g/mol. The van der Waals surface area contributed by atoms with Gasteiger partial charge < -0.3 is 4.90 Å². The molecular weight excluding hydrogens is 242 g/mol. The Morgan fingerprint density at radius 1 is 1.47 bits per heavy atom. The molecule has 3 rings (SSSR count). The molecule has 1 aromatic carbocycles.